The minimum atomic E-state index is -0.987. The molecule has 1 aromatic heterocycles. The molecule has 1 aromatic rings. The molecular weight excluding hydrogens is 286 g/mol. The van der Waals surface area contributed by atoms with E-state index in [9.17, 15) is 14.7 Å². The molecule has 2 heterocycles. The Morgan fingerprint density at radius 3 is 3.00 bits per heavy atom. The molecule has 120 valence electrons. The van der Waals surface area contributed by atoms with Gasteiger partial charge in [0.05, 0.1) is 32.1 Å². The van der Waals surface area contributed by atoms with E-state index in [0.29, 0.717) is 24.4 Å². The molecule has 0 bridgehead atoms. The van der Waals surface area contributed by atoms with E-state index in [4.69, 9.17) is 4.74 Å². The first-order chi connectivity index (χ1) is 10.6. The van der Waals surface area contributed by atoms with Crippen LogP contribution in [0, 0.1) is 0 Å². The van der Waals surface area contributed by atoms with Gasteiger partial charge in [-0.05, 0) is 31.4 Å². The second-order valence-corrected chi connectivity index (χ2v) is 5.24. The van der Waals surface area contributed by atoms with Crippen LogP contribution >= 0.6 is 0 Å². The molecule has 7 nitrogen and oxygen atoms in total. The smallest absolute Gasteiger partial charge is 0.251 e. The van der Waals surface area contributed by atoms with Crippen molar-refractivity contribution >= 4 is 11.8 Å². The molecule has 22 heavy (non-hydrogen) atoms. The fraction of sp³-hybridized carbons (Fsp3) is 0.533. The van der Waals surface area contributed by atoms with E-state index in [2.05, 4.69) is 10.3 Å². The zero-order valence-electron chi connectivity index (χ0n) is 12.6. The summed E-state index contributed by atoms with van der Waals surface area (Å²) in [4.78, 5) is 29.4. The Labute approximate surface area is 129 Å². The van der Waals surface area contributed by atoms with Crippen molar-refractivity contribution in [2.75, 3.05) is 20.2 Å². The summed E-state index contributed by atoms with van der Waals surface area (Å²) in [6.45, 7) is 0.754. The lowest BCUT2D eigenvalue weighted by Gasteiger charge is -2.21. The molecule has 0 saturated carbocycles. The SMILES string of the molecule is COc1ccc(CNC(=O)CN2CCCCC(O)C2=O)nc1. The molecule has 2 N–H and O–H groups in total. The molecule has 0 aliphatic carbocycles. The number of nitrogens with one attached hydrogen (secondary N) is 1. The predicted octanol–water partition coefficient (Wildman–Crippen LogP) is 0.0798. The maximum absolute atomic E-state index is 11.9. The molecule has 7 heteroatoms. The fourth-order valence-corrected chi connectivity index (χ4v) is 2.30. The lowest BCUT2D eigenvalue weighted by Crippen LogP contribution is -2.44. The van der Waals surface area contributed by atoms with Crippen LogP contribution < -0.4 is 10.1 Å². The Kier molecular flexibility index (Phi) is 5.71. The lowest BCUT2D eigenvalue weighted by atomic mass is 10.2. The lowest BCUT2D eigenvalue weighted by molar-refractivity contribution is -0.142. The molecule has 1 aliphatic rings. The zero-order valence-corrected chi connectivity index (χ0v) is 12.6. The van der Waals surface area contributed by atoms with Crippen LogP contribution in [0.25, 0.3) is 0 Å². The number of aliphatic hydroxyl groups is 1. The largest absolute Gasteiger partial charge is 0.495 e. The standard InChI is InChI=1S/C15H21N3O4/c1-22-12-6-5-11(16-9-12)8-17-14(20)10-18-7-3-2-4-13(19)15(18)21/h5-6,9,13,19H,2-4,7-8,10H2,1H3,(H,17,20). The topological polar surface area (TPSA) is 91.8 Å². The summed E-state index contributed by atoms with van der Waals surface area (Å²) in [6.07, 6.45) is 2.65. The highest BCUT2D eigenvalue weighted by Gasteiger charge is 2.26. The molecular formula is C15H21N3O4. The maximum atomic E-state index is 11.9. The summed E-state index contributed by atoms with van der Waals surface area (Å²) in [7, 11) is 1.56. The van der Waals surface area contributed by atoms with E-state index >= 15 is 0 Å². The molecule has 0 aromatic carbocycles. The van der Waals surface area contributed by atoms with Gasteiger partial charge in [0.2, 0.25) is 5.91 Å². The first-order valence-corrected chi connectivity index (χ1v) is 7.32. The Balaban J connectivity index is 1.82. The quantitative estimate of drug-likeness (QED) is 0.804. The van der Waals surface area contributed by atoms with E-state index in [1.165, 1.54) is 4.90 Å². The van der Waals surface area contributed by atoms with Gasteiger partial charge in [0.25, 0.3) is 5.91 Å². The highest BCUT2D eigenvalue weighted by molar-refractivity contribution is 5.87. The van der Waals surface area contributed by atoms with Gasteiger partial charge in [0, 0.05) is 6.54 Å². The maximum Gasteiger partial charge on any atom is 0.251 e. The van der Waals surface area contributed by atoms with Crippen LogP contribution in [0.1, 0.15) is 25.0 Å². The molecule has 1 atom stereocenters. The number of aromatic nitrogens is 1. The molecule has 1 aliphatic heterocycles. The van der Waals surface area contributed by atoms with Crippen LogP contribution in [0.2, 0.25) is 0 Å². The Morgan fingerprint density at radius 2 is 2.32 bits per heavy atom. The van der Waals surface area contributed by atoms with E-state index in [1.807, 2.05) is 0 Å². The van der Waals surface area contributed by atoms with Crippen molar-refractivity contribution in [1.29, 1.82) is 0 Å². The summed E-state index contributed by atoms with van der Waals surface area (Å²) in [5.74, 6) is 0.0227. The van der Waals surface area contributed by atoms with Crippen LogP contribution in [-0.4, -0.2) is 53.1 Å². The highest BCUT2D eigenvalue weighted by Crippen LogP contribution is 2.12. The van der Waals surface area contributed by atoms with Crippen molar-refractivity contribution < 1.29 is 19.4 Å². The highest BCUT2D eigenvalue weighted by atomic mass is 16.5. The number of carbonyl (C=O) groups is 2. The number of pyridine rings is 1. The van der Waals surface area contributed by atoms with E-state index in [0.717, 1.165) is 12.8 Å². The second kappa shape index (κ2) is 7.74. The summed E-state index contributed by atoms with van der Waals surface area (Å²) in [6, 6.07) is 3.53. The van der Waals surface area contributed by atoms with E-state index in [-0.39, 0.29) is 24.9 Å². The van der Waals surface area contributed by atoms with Crippen LogP contribution in [0.5, 0.6) is 5.75 Å². The number of rotatable bonds is 5. The van der Waals surface area contributed by atoms with Gasteiger partial charge < -0.3 is 20.1 Å². The van der Waals surface area contributed by atoms with Crippen LogP contribution in [0.3, 0.4) is 0 Å². The van der Waals surface area contributed by atoms with Crippen molar-refractivity contribution in [2.45, 2.75) is 31.9 Å². The third kappa shape index (κ3) is 4.42. The average Bonchev–Trinajstić information content (AvgIpc) is 2.69. The van der Waals surface area contributed by atoms with Crippen LogP contribution in [0.15, 0.2) is 18.3 Å². The Bertz CT molecular complexity index is 518. The van der Waals surface area contributed by atoms with Gasteiger partial charge in [-0.3, -0.25) is 14.6 Å². The first kappa shape index (κ1) is 16.2. The molecule has 2 rings (SSSR count). The predicted molar refractivity (Wildman–Crippen MR) is 79.1 cm³/mol. The minimum absolute atomic E-state index is 0.0357. The number of ether oxygens (including phenoxy) is 1. The van der Waals surface area contributed by atoms with E-state index in [1.54, 1.807) is 25.4 Å². The van der Waals surface area contributed by atoms with Gasteiger partial charge >= 0.3 is 0 Å². The van der Waals surface area contributed by atoms with E-state index < -0.39 is 6.10 Å². The zero-order chi connectivity index (χ0) is 15.9. The molecule has 1 unspecified atom stereocenters. The molecule has 0 spiro atoms. The monoisotopic (exact) mass is 307 g/mol. The Morgan fingerprint density at radius 1 is 1.50 bits per heavy atom. The van der Waals surface area contributed by atoms with Crippen molar-refractivity contribution in [2.24, 2.45) is 0 Å². The summed E-state index contributed by atoms with van der Waals surface area (Å²) >= 11 is 0. The second-order valence-electron chi connectivity index (χ2n) is 5.24. The summed E-state index contributed by atoms with van der Waals surface area (Å²) < 4.78 is 5.01. The van der Waals surface area contributed by atoms with Gasteiger partial charge in [-0.2, -0.15) is 0 Å². The van der Waals surface area contributed by atoms with Crippen LogP contribution in [-0.2, 0) is 16.1 Å². The van der Waals surface area contributed by atoms with Crippen molar-refractivity contribution in [3.05, 3.63) is 24.0 Å². The van der Waals surface area contributed by atoms with Crippen molar-refractivity contribution in [3.63, 3.8) is 0 Å². The van der Waals surface area contributed by atoms with Gasteiger partial charge in [-0.15, -0.1) is 0 Å². The number of aliphatic hydroxyl groups excluding tert-OH is 1. The number of hydrogen-bond acceptors (Lipinski definition) is 5. The fourth-order valence-electron chi connectivity index (χ4n) is 2.30. The van der Waals surface area contributed by atoms with Gasteiger partial charge in [0.1, 0.15) is 11.9 Å². The molecule has 0 radical (unpaired) electrons. The summed E-state index contributed by atoms with van der Waals surface area (Å²) in [5.41, 5.74) is 0.705. The average molecular weight is 307 g/mol. The van der Waals surface area contributed by atoms with Gasteiger partial charge in [-0.1, -0.05) is 0 Å². The first-order valence-electron chi connectivity index (χ1n) is 7.32. The summed E-state index contributed by atoms with van der Waals surface area (Å²) in [5, 5.41) is 12.4. The number of carbonyl (C=O) groups excluding carboxylic acids is 2. The molecule has 1 saturated heterocycles. The van der Waals surface area contributed by atoms with Crippen LogP contribution in [0.4, 0.5) is 0 Å². The molecule has 2 amide bonds. The number of nitrogens with zero attached hydrogens (tertiary/aromatic N) is 2. The third-order valence-electron chi connectivity index (χ3n) is 3.59. The van der Waals surface area contributed by atoms with Gasteiger partial charge in [-0.25, -0.2) is 0 Å². The molecule has 1 fully saturated rings. The number of hydrogen-bond donors (Lipinski definition) is 2. The Hall–Kier alpha value is -2.15. The van der Waals surface area contributed by atoms with Crippen molar-refractivity contribution in [1.82, 2.24) is 15.2 Å². The number of methoxy groups -OCH3 is 1. The number of amides is 2. The number of likely N-dealkylation sites (tertiary alicyclic amines) is 1. The van der Waals surface area contributed by atoms with Crippen molar-refractivity contribution in [3.8, 4) is 5.75 Å². The normalized spacial score (nSPS) is 18.7. The van der Waals surface area contributed by atoms with Gasteiger partial charge in [0.15, 0.2) is 0 Å². The third-order valence-corrected chi connectivity index (χ3v) is 3.59. The minimum Gasteiger partial charge on any atom is -0.495 e.